The summed E-state index contributed by atoms with van der Waals surface area (Å²) in [5.74, 6) is 0.301. The molecule has 1 aromatic rings. The molecule has 7 nitrogen and oxygen atoms in total. The maximum atomic E-state index is 13.3. The number of likely N-dealkylation sites (tertiary alicyclic amines) is 1. The van der Waals surface area contributed by atoms with Gasteiger partial charge in [-0.25, -0.2) is 4.79 Å². The first-order valence-corrected chi connectivity index (χ1v) is 13.8. The van der Waals surface area contributed by atoms with Crippen LogP contribution >= 0.6 is 0 Å². The molecule has 196 valence electrons. The lowest BCUT2D eigenvalue weighted by Gasteiger charge is -2.67. The third-order valence-electron chi connectivity index (χ3n) is 11.8. The molecule has 6 aliphatic rings. The summed E-state index contributed by atoms with van der Waals surface area (Å²) in [5, 5.41) is 25.0. The predicted molar refractivity (Wildman–Crippen MR) is 131 cm³/mol. The number of hydrogen-bond donors (Lipinski definition) is 2. The number of aliphatic hydroxyl groups is 2. The van der Waals surface area contributed by atoms with Crippen molar-refractivity contribution in [2.45, 2.75) is 74.6 Å². The molecule has 1 spiro atoms. The van der Waals surface area contributed by atoms with E-state index in [0.717, 1.165) is 32.4 Å². The van der Waals surface area contributed by atoms with Crippen LogP contribution in [-0.2, 0) is 14.2 Å². The first kappa shape index (κ1) is 23.6. The number of methoxy groups -OCH3 is 2. The molecule has 7 rings (SSSR count). The Hall–Kier alpha value is -1.51. The van der Waals surface area contributed by atoms with Gasteiger partial charge in [-0.05, 0) is 62.1 Å². The molecule has 5 aliphatic carbocycles. The number of esters is 1. The molecule has 0 radical (unpaired) electrons. The van der Waals surface area contributed by atoms with Crippen LogP contribution in [0.5, 0.6) is 0 Å². The number of carbonyl (C=O) groups excluding carboxylic acids is 1. The molecule has 1 aromatic carbocycles. The molecule has 36 heavy (non-hydrogen) atoms. The summed E-state index contributed by atoms with van der Waals surface area (Å²) < 4.78 is 18.4. The number of carbonyl (C=O) groups is 1. The highest BCUT2D eigenvalue weighted by atomic mass is 16.6. The SMILES string of the molecule is CCN1C[C@@H]2CC[C@H](OC)[C@@]34[C@@H]2C[C@@H]([C@@H]13)[C@@]1(O)C[C@H](OC)[C@@]2(O)C[C@@H]4[C@@H]1[C@H]2OC(=O)c1ccccc1. The summed E-state index contributed by atoms with van der Waals surface area (Å²) in [4.78, 5) is 15.9. The summed E-state index contributed by atoms with van der Waals surface area (Å²) in [6.07, 6.45) is 2.65. The van der Waals surface area contributed by atoms with Crippen molar-refractivity contribution in [2.24, 2.45) is 35.0 Å². The second kappa shape index (κ2) is 7.76. The molecule has 12 atom stereocenters. The van der Waals surface area contributed by atoms with Crippen LogP contribution in [0.2, 0.25) is 0 Å². The highest BCUT2D eigenvalue weighted by molar-refractivity contribution is 5.89. The van der Waals surface area contributed by atoms with Crippen molar-refractivity contribution in [3.05, 3.63) is 35.9 Å². The largest absolute Gasteiger partial charge is 0.455 e. The fourth-order valence-electron chi connectivity index (χ4n) is 10.8. The second-order valence-electron chi connectivity index (χ2n) is 12.5. The van der Waals surface area contributed by atoms with Gasteiger partial charge in [0.05, 0.1) is 23.4 Å². The van der Waals surface area contributed by atoms with E-state index < -0.39 is 29.4 Å². The third-order valence-corrected chi connectivity index (χ3v) is 11.8. The topological polar surface area (TPSA) is 88.5 Å². The molecule has 0 unspecified atom stereocenters. The van der Waals surface area contributed by atoms with Gasteiger partial charge in [-0.2, -0.15) is 0 Å². The van der Waals surface area contributed by atoms with Crippen LogP contribution < -0.4 is 0 Å². The zero-order valence-electron chi connectivity index (χ0n) is 21.5. The Kier molecular flexibility index (Phi) is 5.09. The lowest BCUT2D eigenvalue weighted by atomic mass is 9.46. The van der Waals surface area contributed by atoms with E-state index in [0.29, 0.717) is 30.2 Å². The number of ether oxygens (including phenoxy) is 3. The van der Waals surface area contributed by atoms with Crippen LogP contribution in [-0.4, -0.2) is 83.9 Å². The van der Waals surface area contributed by atoms with Gasteiger partial charge in [0, 0.05) is 50.5 Å². The highest BCUT2D eigenvalue weighted by Gasteiger charge is 2.84. The Morgan fingerprint density at radius 1 is 1.00 bits per heavy atom. The van der Waals surface area contributed by atoms with Crippen molar-refractivity contribution in [3.8, 4) is 0 Å². The van der Waals surface area contributed by atoms with Crippen molar-refractivity contribution < 1.29 is 29.2 Å². The van der Waals surface area contributed by atoms with E-state index in [-0.39, 0.29) is 35.3 Å². The fraction of sp³-hybridized carbons (Fsp3) is 0.759. The monoisotopic (exact) mass is 497 g/mol. The van der Waals surface area contributed by atoms with Gasteiger partial charge in [0.1, 0.15) is 11.7 Å². The van der Waals surface area contributed by atoms with Gasteiger partial charge < -0.3 is 24.4 Å². The van der Waals surface area contributed by atoms with Gasteiger partial charge in [0.2, 0.25) is 0 Å². The molecule has 2 N–H and O–H groups in total. The molecule has 0 amide bonds. The molecular formula is C29H39NO6. The molecule has 1 aliphatic heterocycles. The van der Waals surface area contributed by atoms with Crippen LogP contribution in [0, 0.1) is 35.0 Å². The van der Waals surface area contributed by atoms with E-state index in [4.69, 9.17) is 14.2 Å². The first-order valence-electron chi connectivity index (χ1n) is 13.8. The van der Waals surface area contributed by atoms with Crippen molar-refractivity contribution >= 4 is 5.97 Å². The minimum atomic E-state index is -1.34. The van der Waals surface area contributed by atoms with Gasteiger partial charge >= 0.3 is 5.97 Å². The Balaban J connectivity index is 1.39. The molecule has 6 fully saturated rings. The molecular weight excluding hydrogens is 458 g/mol. The minimum Gasteiger partial charge on any atom is -0.455 e. The Morgan fingerprint density at radius 3 is 2.44 bits per heavy atom. The fourth-order valence-corrected chi connectivity index (χ4v) is 10.8. The lowest BCUT2D eigenvalue weighted by molar-refractivity contribution is -0.271. The summed E-state index contributed by atoms with van der Waals surface area (Å²) in [6, 6.07) is 9.17. The number of hydrogen-bond acceptors (Lipinski definition) is 7. The van der Waals surface area contributed by atoms with Crippen LogP contribution in [0.4, 0.5) is 0 Å². The Bertz CT molecular complexity index is 1050. The molecule has 0 aromatic heterocycles. The third kappa shape index (κ3) is 2.59. The average Bonchev–Trinajstić information content (AvgIpc) is 3.27. The van der Waals surface area contributed by atoms with Crippen molar-refractivity contribution in [1.82, 2.24) is 4.90 Å². The van der Waals surface area contributed by atoms with Crippen molar-refractivity contribution in [3.63, 3.8) is 0 Å². The maximum Gasteiger partial charge on any atom is 0.338 e. The highest BCUT2D eigenvalue weighted by Crippen LogP contribution is 2.77. The van der Waals surface area contributed by atoms with Crippen LogP contribution in [0.15, 0.2) is 30.3 Å². The lowest BCUT2D eigenvalue weighted by Crippen LogP contribution is -2.75. The van der Waals surface area contributed by atoms with E-state index in [9.17, 15) is 15.0 Å². The first-order chi connectivity index (χ1) is 17.3. The van der Waals surface area contributed by atoms with Gasteiger partial charge in [-0.3, -0.25) is 4.90 Å². The van der Waals surface area contributed by atoms with Gasteiger partial charge in [-0.1, -0.05) is 25.1 Å². The summed E-state index contributed by atoms with van der Waals surface area (Å²) in [5.41, 5.74) is -2.10. The van der Waals surface area contributed by atoms with Gasteiger partial charge in [0.15, 0.2) is 0 Å². The predicted octanol–water partition coefficient (Wildman–Crippen LogP) is 2.49. The van der Waals surface area contributed by atoms with E-state index in [2.05, 4.69) is 11.8 Å². The Morgan fingerprint density at radius 2 is 1.75 bits per heavy atom. The summed E-state index contributed by atoms with van der Waals surface area (Å²) in [7, 11) is 3.44. The van der Waals surface area contributed by atoms with Crippen molar-refractivity contribution in [2.75, 3.05) is 27.3 Å². The average molecular weight is 498 g/mol. The number of piperidine rings is 1. The zero-order chi connectivity index (χ0) is 25.0. The summed E-state index contributed by atoms with van der Waals surface area (Å²) >= 11 is 0. The van der Waals surface area contributed by atoms with Crippen molar-refractivity contribution in [1.29, 1.82) is 0 Å². The molecule has 1 saturated heterocycles. The Labute approximate surface area is 213 Å². The standard InChI is InChI=1S/C29H39NO6/c1-4-30-15-17-10-11-21(34-2)29-18(17)12-19(24(29)30)27(32)14-22(35-3)28(33)13-20(29)23(27)25(28)36-26(31)16-8-6-5-7-9-16/h5-9,17-25,32-33H,4,10-15H2,1-3H3/t17-,18+,19-,20+,21-,22-,23+,24+,25+,27-,28-,29-/m0/s1. The summed E-state index contributed by atoms with van der Waals surface area (Å²) in [6.45, 7) is 4.25. The van der Waals surface area contributed by atoms with E-state index >= 15 is 0 Å². The van der Waals surface area contributed by atoms with Gasteiger partial charge in [-0.15, -0.1) is 0 Å². The number of benzene rings is 1. The molecule has 7 bridgehead atoms. The number of rotatable bonds is 5. The zero-order valence-corrected chi connectivity index (χ0v) is 21.5. The minimum absolute atomic E-state index is 0.00271. The van der Waals surface area contributed by atoms with Crippen LogP contribution in [0.3, 0.4) is 0 Å². The van der Waals surface area contributed by atoms with E-state index in [1.54, 1.807) is 19.2 Å². The van der Waals surface area contributed by atoms with E-state index in [1.165, 1.54) is 0 Å². The number of nitrogens with zero attached hydrogens (tertiary/aromatic N) is 1. The molecule has 1 heterocycles. The number of fused-ring (bicyclic) bond motifs is 2. The maximum absolute atomic E-state index is 13.3. The van der Waals surface area contributed by atoms with Gasteiger partial charge in [0.25, 0.3) is 0 Å². The quantitative estimate of drug-likeness (QED) is 0.605. The normalized spacial score (nSPS) is 52.3. The van der Waals surface area contributed by atoms with Crippen LogP contribution in [0.1, 0.15) is 49.4 Å². The smallest absolute Gasteiger partial charge is 0.338 e. The second-order valence-corrected chi connectivity index (χ2v) is 12.5. The van der Waals surface area contributed by atoms with E-state index in [1.807, 2.05) is 25.3 Å². The molecule has 7 heteroatoms. The van der Waals surface area contributed by atoms with Crippen LogP contribution in [0.25, 0.3) is 0 Å². The molecule has 5 saturated carbocycles.